The molecule has 0 aliphatic carbocycles. The van der Waals surface area contributed by atoms with Gasteiger partial charge in [-0.3, -0.25) is 4.79 Å². The molecule has 0 fully saturated rings. The van der Waals surface area contributed by atoms with Crippen LogP contribution in [0.2, 0.25) is 0 Å². The van der Waals surface area contributed by atoms with E-state index < -0.39 is 11.5 Å². The summed E-state index contributed by atoms with van der Waals surface area (Å²) in [5, 5.41) is 12.4. The Hall–Kier alpha value is -0.610. The van der Waals surface area contributed by atoms with E-state index in [2.05, 4.69) is 12.2 Å². The maximum atomic E-state index is 11.3. The van der Waals surface area contributed by atoms with Crippen LogP contribution in [0.15, 0.2) is 0 Å². The molecule has 1 unspecified atom stereocenters. The van der Waals surface area contributed by atoms with E-state index in [0.717, 1.165) is 32.4 Å². The van der Waals surface area contributed by atoms with Crippen LogP contribution < -0.4 is 5.32 Å². The van der Waals surface area contributed by atoms with Crippen molar-refractivity contribution in [2.24, 2.45) is 0 Å². The number of carboxylic acids is 1. The Kier molecular flexibility index (Phi) is 11.8. The lowest BCUT2D eigenvalue weighted by atomic mass is 9.96. The van der Waals surface area contributed by atoms with Gasteiger partial charge in [0.05, 0.1) is 0 Å². The average molecular weight is 287 g/mol. The van der Waals surface area contributed by atoms with E-state index in [4.69, 9.17) is 4.74 Å². The van der Waals surface area contributed by atoms with Gasteiger partial charge in [-0.05, 0) is 39.2 Å². The minimum absolute atomic E-state index is 0.609. The van der Waals surface area contributed by atoms with Crippen LogP contribution in [0.5, 0.6) is 0 Å². The van der Waals surface area contributed by atoms with Gasteiger partial charge in [0.25, 0.3) is 0 Å². The first-order valence-corrected chi connectivity index (χ1v) is 8.13. The Balaban J connectivity index is 3.61. The summed E-state index contributed by atoms with van der Waals surface area (Å²) >= 11 is 0. The van der Waals surface area contributed by atoms with Gasteiger partial charge in [-0.2, -0.15) is 0 Å². The van der Waals surface area contributed by atoms with Gasteiger partial charge in [0, 0.05) is 13.2 Å². The highest BCUT2D eigenvalue weighted by atomic mass is 16.5. The molecule has 0 aromatic heterocycles. The quantitative estimate of drug-likeness (QED) is 0.479. The van der Waals surface area contributed by atoms with Gasteiger partial charge in [-0.25, -0.2) is 0 Å². The fourth-order valence-electron chi connectivity index (χ4n) is 2.11. The molecule has 0 aromatic carbocycles. The van der Waals surface area contributed by atoms with Gasteiger partial charge >= 0.3 is 5.97 Å². The minimum atomic E-state index is -0.819. The molecule has 0 saturated carbocycles. The van der Waals surface area contributed by atoms with E-state index in [9.17, 15) is 9.90 Å². The van der Waals surface area contributed by atoms with E-state index in [0.29, 0.717) is 13.0 Å². The van der Waals surface area contributed by atoms with Gasteiger partial charge in [-0.1, -0.05) is 39.5 Å². The van der Waals surface area contributed by atoms with Crippen LogP contribution in [0, 0.1) is 0 Å². The average Bonchev–Trinajstić information content (AvgIpc) is 2.43. The van der Waals surface area contributed by atoms with Gasteiger partial charge in [0.1, 0.15) is 5.54 Å². The molecule has 0 rings (SSSR count). The summed E-state index contributed by atoms with van der Waals surface area (Å²) in [5.74, 6) is -0.773. The van der Waals surface area contributed by atoms with Crippen LogP contribution >= 0.6 is 0 Å². The highest BCUT2D eigenvalue weighted by molar-refractivity contribution is 5.78. The van der Waals surface area contributed by atoms with Gasteiger partial charge < -0.3 is 15.2 Å². The van der Waals surface area contributed by atoms with Crippen molar-refractivity contribution in [1.82, 2.24) is 5.32 Å². The molecule has 0 radical (unpaired) electrons. The smallest absolute Gasteiger partial charge is 0.323 e. The van der Waals surface area contributed by atoms with Crippen LogP contribution in [0.4, 0.5) is 0 Å². The lowest BCUT2D eigenvalue weighted by Gasteiger charge is -2.26. The molecule has 20 heavy (non-hydrogen) atoms. The zero-order chi connectivity index (χ0) is 15.3. The number of nitrogens with one attached hydrogen (secondary N) is 1. The first-order chi connectivity index (χ1) is 9.56. The van der Waals surface area contributed by atoms with Crippen molar-refractivity contribution in [3.05, 3.63) is 0 Å². The summed E-state index contributed by atoms with van der Waals surface area (Å²) in [4.78, 5) is 11.3. The third kappa shape index (κ3) is 9.32. The summed E-state index contributed by atoms with van der Waals surface area (Å²) < 4.78 is 5.57. The van der Waals surface area contributed by atoms with E-state index in [-0.39, 0.29) is 0 Å². The van der Waals surface area contributed by atoms with Crippen molar-refractivity contribution < 1.29 is 14.6 Å². The number of carbonyl (C=O) groups is 1. The van der Waals surface area contributed by atoms with Crippen LogP contribution in [-0.4, -0.2) is 36.4 Å². The second-order valence-corrected chi connectivity index (χ2v) is 5.69. The fourth-order valence-corrected chi connectivity index (χ4v) is 2.11. The Labute approximate surface area is 124 Å². The molecule has 0 spiro atoms. The van der Waals surface area contributed by atoms with Crippen LogP contribution in [0.1, 0.15) is 72.1 Å². The second-order valence-electron chi connectivity index (χ2n) is 5.69. The summed E-state index contributed by atoms with van der Waals surface area (Å²) in [7, 11) is 0. The number of ether oxygens (including phenoxy) is 1. The van der Waals surface area contributed by atoms with Crippen molar-refractivity contribution in [3.8, 4) is 0 Å². The maximum Gasteiger partial charge on any atom is 0.323 e. The highest BCUT2D eigenvalue weighted by Crippen LogP contribution is 2.13. The summed E-state index contributed by atoms with van der Waals surface area (Å²) in [6.07, 6.45) is 8.55. The fraction of sp³-hybridized carbons (Fsp3) is 0.938. The highest BCUT2D eigenvalue weighted by Gasteiger charge is 2.31. The van der Waals surface area contributed by atoms with E-state index in [1.165, 1.54) is 25.7 Å². The molecule has 1 atom stereocenters. The van der Waals surface area contributed by atoms with Crippen molar-refractivity contribution in [2.45, 2.75) is 77.7 Å². The molecule has 0 bridgehead atoms. The second kappa shape index (κ2) is 12.2. The van der Waals surface area contributed by atoms with E-state index in [1.54, 1.807) is 6.92 Å². The standard InChI is InChI=1S/C16H33NO3/c1-4-6-7-8-9-13-20-14-10-11-16(3,15(18)19)17-12-5-2/h17H,4-14H2,1-3H3,(H,18,19). The van der Waals surface area contributed by atoms with E-state index in [1.807, 2.05) is 6.92 Å². The number of rotatable bonds is 14. The maximum absolute atomic E-state index is 11.3. The summed E-state index contributed by atoms with van der Waals surface area (Å²) in [5.41, 5.74) is -0.819. The molecule has 4 nitrogen and oxygen atoms in total. The number of aliphatic carboxylic acids is 1. The van der Waals surface area contributed by atoms with Crippen LogP contribution in [0.25, 0.3) is 0 Å². The number of hydrogen-bond donors (Lipinski definition) is 2. The zero-order valence-electron chi connectivity index (χ0n) is 13.5. The van der Waals surface area contributed by atoms with Gasteiger partial charge in [0.2, 0.25) is 0 Å². The summed E-state index contributed by atoms with van der Waals surface area (Å²) in [6, 6.07) is 0. The predicted octanol–water partition coefficient (Wildman–Crippen LogP) is 3.60. The van der Waals surface area contributed by atoms with E-state index >= 15 is 0 Å². The number of unbranched alkanes of at least 4 members (excludes halogenated alkanes) is 4. The molecule has 0 saturated heterocycles. The molecule has 0 aliphatic rings. The van der Waals surface area contributed by atoms with Crippen molar-refractivity contribution >= 4 is 5.97 Å². The first kappa shape index (κ1) is 19.4. The molecule has 0 amide bonds. The molecule has 120 valence electrons. The Bertz CT molecular complexity index is 246. The number of carboxylic acid groups (broad SMARTS) is 1. The third-order valence-corrected chi connectivity index (χ3v) is 3.59. The number of hydrogen-bond acceptors (Lipinski definition) is 3. The molecule has 0 aromatic rings. The third-order valence-electron chi connectivity index (χ3n) is 3.59. The molecule has 0 heterocycles. The van der Waals surface area contributed by atoms with Crippen molar-refractivity contribution in [3.63, 3.8) is 0 Å². The lowest BCUT2D eigenvalue weighted by Crippen LogP contribution is -2.49. The first-order valence-electron chi connectivity index (χ1n) is 8.13. The van der Waals surface area contributed by atoms with Gasteiger partial charge in [0.15, 0.2) is 0 Å². The summed E-state index contributed by atoms with van der Waals surface area (Å²) in [6.45, 7) is 8.20. The Morgan fingerprint density at radius 1 is 1.05 bits per heavy atom. The molecular formula is C16H33NO3. The van der Waals surface area contributed by atoms with Crippen LogP contribution in [-0.2, 0) is 9.53 Å². The normalized spacial score (nSPS) is 14.2. The minimum Gasteiger partial charge on any atom is -0.480 e. The predicted molar refractivity (Wildman–Crippen MR) is 83.1 cm³/mol. The van der Waals surface area contributed by atoms with Crippen molar-refractivity contribution in [1.29, 1.82) is 0 Å². The van der Waals surface area contributed by atoms with Gasteiger partial charge in [-0.15, -0.1) is 0 Å². The zero-order valence-corrected chi connectivity index (χ0v) is 13.5. The molecule has 4 heteroatoms. The largest absolute Gasteiger partial charge is 0.480 e. The van der Waals surface area contributed by atoms with Crippen LogP contribution in [0.3, 0.4) is 0 Å². The Morgan fingerprint density at radius 3 is 2.30 bits per heavy atom. The topological polar surface area (TPSA) is 58.6 Å². The molecular weight excluding hydrogens is 254 g/mol. The molecule has 0 aliphatic heterocycles. The lowest BCUT2D eigenvalue weighted by molar-refractivity contribution is -0.144. The Morgan fingerprint density at radius 2 is 1.70 bits per heavy atom. The van der Waals surface area contributed by atoms with Crippen molar-refractivity contribution in [2.75, 3.05) is 19.8 Å². The SMILES string of the molecule is CCCCCCCOCCCC(C)(NCCC)C(=O)O. The molecule has 2 N–H and O–H groups in total. The monoisotopic (exact) mass is 287 g/mol.